The standard InChI is InChI=1S/C15H25N2O2.HI/c1-11(2)13-10-12(17(5,6)7)8-9-14(13)19-15(18)16(3)4;/h8-11H,1-7H3;1H/q+1;/p-1. The van der Waals surface area contributed by atoms with E-state index in [1.165, 1.54) is 10.6 Å². The van der Waals surface area contributed by atoms with Gasteiger partial charge in [0.2, 0.25) is 0 Å². The second-order valence-electron chi connectivity index (χ2n) is 6.15. The van der Waals surface area contributed by atoms with Crippen LogP contribution < -0.4 is 33.2 Å². The number of ether oxygens (including phenoxy) is 1. The highest BCUT2D eigenvalue weighted by Crippen LogP contribution is 2.32. The molecule has 1 rings (SSSR count). The van der Waals surface area contributed by atoms with Gasteiger partial charge in [-0.3, -0.25) is 4.48 Å². The molecule has 0 bridgehead atoms. The number of rotatable bonds is 3. The molecule has 0 saturated heterocycles. The van der Waals surface area contributed by atoms with E-state index in [0.29, 0.717) is 11.7 Å². The van der Waals surface area contributed by atoms with Gasteiger partial charge in [-0.25, -0.2) is 4.79 Å². The molecule has 0 saturated carbocycles. The zero-order chi connectivity index (χ0) is 14.8. The monoisotopic (exact) mass is 392 g/mol. The van der Waals surface area contributed by atoms with E-state index >= 15 is 0 Å². The third-order valence-corrected chi connectivity index (χ3v) is 2.95. The second kappa shape index (κ2) is 7.26. The Hall–Kier alpha value is -0.820. The maximum absolute atomic E-state index is 11.7. The van der Waals surface area contributed by atoms with Crippen LogP contribution in [0, 0.1) is 0 Å². The molecule has 4 nitrogen and oxygen atoms in total. The second-order valence-corrected chi connectivity index (χ2v) is 6.15. The van der Waals surface area contributed by atoms with Crippen LogP contribution in [0.1, 0.15) is 25.3 Å². The lowest BCUT2D eigenvalue weighted by Crippen LogP contribution is -3.00. The molecule has 0 spiro atoms. The Morgan fingerprint density at radius 1 is 1.20 bits per heavy atom. The quantitative estimate of drug-likeness (QED) is 0.539. The maximum atomic E-state index is 11.7. The number of carbonyl (C=O) groups excluding carboxylic acids is 1. The highest BCUT2D eigenvalue weighted by atomic mass is 127. The van der Waals surface area contributed by atoms with Crippen molar-refractivity contribution in [1.29, 1.82) is 0 Å². The molecule has 0 radical (unpaired) electrons. The Morgan fingerprint density at radius 3 is 2.15 bits per heavy atom. The third-order valence-electron chi connectivity index (χ3n) is 2.95. The number of hydrogen-bond acceptors (Lipinski definition) is 2. The van der Waals surface area contributed by atoms with Crippen molar-refractivity contribution in [3.63, 3.8) is 0 Å². The highest BCUT2D eigenvalue weighted by Gasteiger charge is 2.19. The summed E-state index contributed by atoms with van der Waals surface area (Å²) in [4.78, 5) is 13.1. The van der Waals surface area contributed by atoms with Crippen molar-refractivity contribution in [3.8, 4) is 5.75 Å². The van der Waals surface area contributed by atoms with Gasteiger partial charge >= 0.3 is 6.09 Å². The minimum absolute atomic E-state index is 0. The summed E-state index contributed by atoms with van der Waals surface area (Å²) < 4.78 is 6.15. The molecule has 0 heterocycles. The number of carbonyl (C=O) groups is 1. The molecule has 20 heavy (non-hydrogen) atoms. The number of amides is 1. The zero-order valence-corrected chi connectivity index (χ0v) is 15.6. The van der Waals surface area contributed by atoms with E-state index in [4.69, 9.17) is 4.74 Å². The van der Waals surface area contributed by atoms with Crippen LogP contribution in [0.15, 0.2) is 18.2 Å². The van der Waals surface area contributed by atoms with Gasteiger partial charge in [-0.1, -0.05) is 13.8 Å². The highest BCUT2D eigenvalue weighted by molar-refractivity contribution is 5.71. The molecule has 1 amide bonds. The molecule has 0 aliphatic carbocycles. The average molecular weight is 392 g/mol. The molecule has 0 fully saturated rings. The summed E-state index contributed by atoms with van der Waals surface area (Å²) in [6, 6.07) is 6.00. The summed E-state index contributed by atoms with van der Waals surface area (Å²) in [7, 11) is 9.70. The molecule has 0 unspecified atom stereocenters. The van der Waals surface area contributed by atoms with Crippen LogP contribution in [-0.4, -0.2) is 46.2 Å². The van der Waals surface area contributed by atoms with Gasteiger partial charge in [0.1, 0.15) is 11.4 Å². The molecule has 1 aromatic rings. The summed E-state index contributed by atoms with van der Waals surface area (Å²) in [5.74, 6) is 0.947. The molecule has 114 valence electrons. The maximum Gasteiger partial charge on any atom is 0.414 e. The van der Waals surface area contributed by atoms with E-state index < -0.39 is 0 Å². The number of hydrogen-bond donors (Lipinski definition) is 0. The first kappa shape index (κ1) is 19.2. The van der Waals surface area contributed by atoms with Crippen molar-refractivity contribution < 1.29 is 33.5 Å². The van der Waals surface area contributed by atoms with Gasteiger partial charge in [0.05, 0.1) is 21.1 Å². The summed E-state index contributed by atoms with van der Waals surface area (Å²) in [6.45, 7) is 4.20. The number of nitrogens with zero attached hydrogens (tertiary/aromatic N) is 2. The Morgan fingerprint density at radius 2 is 1.75 bits per heavy atom. The Labute approximate surface area is 139 Å². The van der Waals surface area contributed by atoms with Crippen LogP contribution in [0.5, 0.6) is 5.75 Å². The Bertz CT molecular complexity index is 465. The first-order valence-electron chi connectivity index (χ1n) is 6.48. The van der Waals surface area contributed by atoms with Crippen molar-refractivity contribution in [2.75, 3.05) is 35.2 Å². The van der Waals surface area contributed by atoms with E-state index in [1.54, 1.807) is 14.1 Å². The van der Waals surface area contributed by atoms with Crippen molar-refractivity contribution >= 4 is 11.8 Å². The van der Waals surface area contributed by atoms with Gasteiger partial charge in [0.15, 0.2) is 0 Å². The molecule has 0 atom stereocenters. The van der Waals surface area contributed by atoms with E-state index in [2.05, 4.69) is 41.1 Å². The van der Waals surface area contributed by atoms with Crippen LogP contribution in [0.2, 0.25) is 0 Å². The number of quaternary nitrogens is 1. The van der Waals surface area contributed by atoms with Crippen LogP contribution in [-0.2, 0) is 0 Å². The van der Waals surface area contributed by atoms with Crippen molar-refractivity contribution in [3.05, 3.63) is 23.8 Å². The van der Waals surface area contributed by atoms with E-state index in [1.807, 2.05) is 12.1 Å². The van der Waals surface area contributed by atoms with Crippen molar-refractivity contribution in [2.45, 2.75) is 19.8 Å². The smallest absolute Gasteiger partial charge is 0.414 e. The van der Waals surface area contributed by atoms with Gasteiger partial charge in [0.25, 0.3) is 0 Å². The van der Waals surface area contributed by atoms with Gasteiger partial charge in [0, 0.05) is 31.8 Å². The van der Waals surface area contributed by atoms with Gasteiger partial charge < -0.3 is 33.6 Å². The van der Waals surface area contributed by atoms with E-state index in [0.717, 1.165) is 10.0 Å². The SMILES string of the molecule is CC(C)c1cc([N+](C)(C)C)ccc1OC(=O)N(C)C.[I-]. The third kappa shape index (κ3) is 4.94. The van der Waals surface area contributed by atoms with Crippen LogP contribution >= 0.6 is 0 Å². The predicted octanol–water partition coefficient (Wildman–Crippen LogP) is 0.0711. The lowest BCUT2D eigenvalue weighted by atomic mass is 10.0. The van der Waals surface area contributed by atoms with Crippen LogP contribution in [0.25, 0.3) is 0 Å². The lowest BCUT2D eigenvalue weighted by molar-refractivity contribution is -0.00000953. The minimum Gasteiger partial charge on any atom is -1.00 e. The topological polar surface area (TPSA) is 29.5 Å². The van der Waals surface area contributed by atoms with Crippen molar-refractivity contribution in [2.24, 2.45) is 0 Å². The molecule has 0 aliphatic heterocycles. The normalized spacial score (nSPS) is 11.0. The molecule has 5 heteroatoms. The van der Waals surface area contributed by atoms with Gasteiger partial charge in [-0.15, -0.1) is 0 Å². The van der Waals surface area contributed by atoms with Crippen LogP contribution in [0.3, 0.4) is 0 Å². The number of benzene rings is 1. The largest absolute Gasteiger partial charge is 1.00 e. The average Bonchev–Trinajstić information content (AvgIpc) is 2.27. The Balaban J connectivity index is 0.00000361. The van der Waals surface area contributed by atoms with E-state index in [-0.39, 0.29) is 30.1 Å². The van der Waals surface area contributed by atoms with Gasteiger partial charge in [-0.2, -0.15) is 0 Å². The summed E-state index contributed by atoms with van der Waals surface area (Å²) in [5.41, 5.74) is 2.24. The summed E-state index contributed by atoms with van der Waals surface area (Å²) >= 11 is 0. The summed E-state index contributed by atoms with van der Waals surface area (Å²) in [5, 5.41) is 0. The fourth-order valence-electron chi connectivity index (χ4n) is 1.68. The van der Waals surface area contributed by atoms with Crippen molar-refractivity contribution in [1.82, 2.24) is 9.38 Å². The van der Waals surface area contributed by atoms with E-state index in [9.17, 15) is 4.79 Å². The fourth-order valence-corrected chi connectivity index (χ4v) is 1.68. The number of halogens is 1. The van der Waals surface area contributed by atoms with Crippen LogP contribution in [0.4, 0.5) is 10.5 Å². The lowest BCUT2D eigenvalue weighted by Gasteiger charge is -2.25. The molecule has 1 aromatic carbocycles. The minimum atomic E-state index is -0.347. The molecule has 0 N–H and O–H groups in total. The zero-order valence-electron chi connectivity index (χ0n) is 13.4. The molecular weight excluding hydrogens is 367 g/mol. The first-order chi connectivity index (χ1) is 8.62. The predicted molar refractivity (Wildman–Crippen MR) is 79.8 cm³/mol. The van der Waals surface area contributed by atoms with Gasteiger partial charge in [-0.05, 0) is 12.0 Å². The molecule has 0 aliphatic rings. The fraction of sp³-hybridized carbons (Fsp3) is 0.533. The molecular formula is C15H25IN2O2. The molecule has 0 aromatic heterocycles. The summed E-state index contributed by atoms with van der Waals surface area (Å²) in [6.07, 6.45) is -0.347. The Kier molecular flexibility index (Phi) is 6.97. The first-order valence-corrected chi connectivity index (χ1v) is 6.48.